The molecule has 1 aliphatic heterocycles. The molecule has 174 valence electrons. The molecule has 0 unspecified atom stereocenters. The highest BCUT2D eigenvalue weighted by Crippen LogP contribution is 2.27. The molecule has 0 spiro atoms. The van der Waals surface area contributed by atoms with Gasteiger partial charge in [-0.3, -0.25) is 14.9 Å². The van der Waals surface area contributed by atoms with Crippen LogP contribution in [0.2, 0.25) is 10.0 Å². The van der Waals surface area contributed by atoms with Crippen LogP contribution in [0.4, 0.5) is 11.4 Å². The van der Waals surface area contributed by atoms with Gasteiger partial charge < -0.3 is 15.1 Å². The number of amides is 2. The van der Waals surface area contributed by atoms with Gasteiger partial charge in [0.25, 0.3) is 11.8 Å². The average Bonchev–Trinajstić information content (AvgIpc) is 2.86. The van der Waals surface area contributed by atoms with Gasteiger partial charge in [-0.05, 0) is 54.7 Å². The molecule has 6 nitrogen and oxygen atoms in total. The molecule has 2 N–H and O–H groups in total. The Balaban J connectivity index is 1.39. The van der Waals surface area contributed by atoms with Crippen molar-refractivity contribution in [3.63, 3.8) is 0 Å². The number of halogens is 2. The lowest BCUT2D eigenvalue weighted by Gasteiger charge is -2.37. The SMILES string of the molecule is O=C(NC(=S)Nc1ccccc1N1CCN(C(=O)c2ccccc2)CC1)c1cc(Cl)ccc1Cl. The molecule has 0 aromatic heterocycles. The number of para-hydroxylation sites is 2. The standard InChI is InChI=1S/C25H22Cl2N4O2S/c26-18-10-11-20(27)19(16-18)23(32)29-25(34)28-21-8-4-5-9-22(21)30-12-14-31(15-13-30)24(33)17-6-2-1-3-7-17/h1-11,16H,12-15H2,(H2,28,29,32,34). The molecule has 4 rings (SSSR count). The topological polar surface area (TPSA) is 64.7 Å². The van der Waals surface area contributed by atoms with Gasteiger partial charge in [-0.2, -0.15) is 0 Å². The second-order valence-electron chi connectivity index (χ2n) is 7.69. The largest absolute Gasteiger partial charge is 0.366 e. The fraction of sp³-hybridized carbons (Fsp3) is 0.160. The first-order chi connectivity index (χ1) is 16.4. The molecule has 0 radical (unpaired) electrons. The Morgan fingerprint density at radius 2 is 1.53 bits per heavy atom. The van der Waals surface area contributed by atoms with E-state index in [1.807, 2.05) is 59.5 Å². The zero-order chi connectivity index (χ0) is 24.1. The van der Waals surface area contributed by atoms with Crippen LogP contribution in [0.25, 0.3) is 0 Å². The fourth-order valence-corrected chi connectivity index (χ4v) is 4.34. The van der Waals surface area contributed by atoms with Crippen molar-refractivity contribution in [3.05, 3.63) is 94.0 Å². The number of anilines is 2. The smallest absolute Gasteiger partial charge is 0.258 e. The number of nitrogens with one attached hydrogen (secondary N) is 2. The number of rotatable bonds is 4. The molecule has 0 aliphatic carbocycles. The predicted octanol–water partition coefficient (Wildman–Crippen LogP) is 5.08. The zero-order valence-corrected chi connectivity index (χ0v) is 20.5. The van der Waals surface area contributed by atoms with Crippen molar-refractivity contribution in [3.8, 4) is 0 Å². The van der Waals surface area contributed by atoms with Crippen LogP contribution < -0.4 is 15.5 Å². The van der Waals surface area contributed by atoms with Crippen molar-refractivity contribution >= 4 is 63.7 Å². The average molecular weight is 513 g/mol. The highest BCUT2D eigenvalue weighted by Gasteiger charge is 2.23. The minimum absolute atomic E-state index is 0.0372. The summed E-state index contributed by atoms with van der Waals surface area (Å²) in [7, 11) is 0. The predicted molar refractivity (Wildman–Crippen MR) is 141 cm³/mol. The van der Waals surface area contributed by atoms with Crippen LogP contribution in [-0.2, 0) is 0 Å². The number of benzene rings is 3. The maximum Gasteiger partial charge on any atom is 0.258 e. The third-order valence-corrected chi connectivity index (χ3v) is 6.25. The van der Waals surface area contributed by atoms with Crippen molar-refractivity contribution in [1.29, 1.82) is 0 Å². The molecule has 0 saturated carbocycles. The zero-order valence-electron chi connectivity index (χ0n) is 18.1. The van der Waals surface area contributed by atoms with Crippen molar-refractivity contribution < 1.29 is 9.59 Å². The van der Waals surface area contributed by atoms with E-state index in [9.17, 15) is 9.59 Å². The Labute approximate surface area is 213 Å². The van der Waals surface area contributed by atoms with Crippen LogP contribution >= 0.6 is 35.4 Å². The van der Waals surface area contributed by atoms with Gasteiger partial charge in [0.15, 0.2) is 5.11 Å². The third-order valence-electron chi connectivity index (χ3n) is 5.48. The van der Waals surface area contributed by atoms with Crippen molar-refractivity contribution in [2.45, 2.75) is 0 Å². The van der Waals surface area contributed by atoms with Gasteiger partial charge in [-0.15, -0.1) is 0 Å². The summed E-state index contributed by atoms with van der Waals surface area (Å²) in [5.74, 6) is -0.411. The second-order valence-corrected chi connectivity index (χ2v) is 8.95. The van der Waals surface area contributed by atoms with E-state index in [2.05, 4.69) is 15.5 Å². The number of hydrogen-bond donors (Lipinski definition) is 2. The van der Waals surface area contributed by atoms with Crippen molar-refractivity contribution in [2.24, 2.45) is 0 Å². The quantitative estimate of drug-likeness (QED) is 0.477. The van der Waals surface area contributed by atoms with Crippen molar-refractivity contribution in [1.82, 2.24) is 10.2 Å². The Bertz CT molecular complexity index is 1210. The number of hydrogen-bond acceptors (Lipinski definition) is 4. The molecule has 3 aromatic rings. The Morgan fingerprint density at radius 3 is 2.26 bits per heavy atom. The third kappa shape index (κ3) is 5.67. The van der Waals surface area contributed by atoms with E-state index >= 15 is 0 Å². The van der Waals surface area contributed by atoms with Gasteiger partial charge in [0.2, 0.25) is 0 Å². The van der Waals surface area contributed by atoms with E-state index < -0.39 is 5.91 Å². The molecule has 1 heterocycles. The second kappa shape index (κ2) is 10.9. The molecular formula is C25H22Cl2N4O2S. The van der Waals surface area contributed by atoms with E-state index in [1.54, 1.807) is 12.1 Å². The summed E-state index contributed by atoms with van der Waals surface area (Å²) in [5, 5.41) is 6.59. The Kier molecular flexibility index (Phi) is 7.67. The van der Waals surface area contributed by atoms with Crippen LogP contribution in [0.15, 0.2) is 72.8 Å². The number of nitrogens with zero attached hydrogens (tertiary/aromatic N) is 2. The molecule has 2 amide bonds. The summed E-state index contributed by atoms with van der Waals surface area (Å²) in [5.41, 5.74) is 2.63. The normalized spacial score (nSPS) is 13.4. The van der Waals surface area contributed by atoms with E-state index in [1.165, 1.54) is 6.07 Å². The Hall–Kier alpha value is -3.13. The molecule has 34 heavy (non-hydrogen) atoms. The van der Waals surface area contributed by atoms with E-state index in [-0.39, 0.29) is 21.6 Å². The van der Waals surface area contributed by atoms with Gasteiger partial charge in [0.1, 0.15) is 0 Å². The maximum absolute atomic E-state index is 12.7. The summed E-state index contributed by atoms with van der Waals surface area (Å²) in [6.07, 6.45) is 0. The minimum atomic E-state index is -0.449. The monoisotopic (exact) mass is 512 g/mol. The molecule has 1 aliphatic rings. The number of thiocarbonyl (C=S) groups is 1. The highest BCUT2D eigenvalue weighted by atomic mass is 35.5. The van der Waals surface area contributed by atoms with Crippen LogP contribution in [0, 0.1) is 0 Å². The number of piperazine rings is 1. The summed E-state index contributed by atoms with van der Waals surface area (Å²) in [4.78, 5) is 29.4. The van der Waals surface area contributed by atoms with Gasteiger partial charge in [-0.25, -0.2) is 0 Å². The lowest BCUT2D eigenvalue weighted by atomic mass is 10.1. The van der Waals surface area contributed by atoms with Crippen LogP contribution in [0.3, 0.4) is 0 Å². The molecule has 0 atom stereocenters. The van der Waals surface area contributed by atoms with Gasteiger partial charge >= 0.3 is 0 Å². The number of carbonyl (C=O) groups excluding carboxylic acids is 2. The van der Waals surface area contributed by atoms with E-state index in [4.69, 9.17) is 35.4 Å². The molecule has 3 aromatic carbocycles. The maximum atomic E-state index is 12.7. The van der Waals surface area contributed by atoms with E-state index in [0.29, 0.717) is 36.8 Å². The van der Waals surface area contributed by atoms with E-state index in [0.717, 1.165) is 11.4 Å². The fourth-order valence-electron chi connectivity index (χ4n) is 3.76. The summed E-state index contributed by atoms with van der Waals surface area (Å²) >= 11 is 17.5. The molecule has 0 bridgehead atoms. The van der Waals surface area contributed by atoms with Gasteiger partial charge in [0.05, 0.1) is 22.0 Å². The molecular weight excluding hydrogens is 491 g/mol. The molecule has 1 fully saturated rings. The van der Waals surface area contributed by atoms with Crippen LogP contribution in [0.1, 0.15) is 20.7 Å². The first kappa shape index (κ1) is 24.0. The summed E-state index contributed by atoms with van der Waals surface area (Å²) in [6, 6.07) is 21.7. The highest BCUT2D eigenvalue weighted by molar-refractivity contribution is 7.80. The lowest BCUT2D eigenvalue weighted by molar-refractivity contribution is 0.0746. The van der Waals surface area contributed by atoms with Crippen LogP contribution in [0.5, 0.6) is 0 Å². The van der Waals surface area contributed by atoms with Gasteiger partial charge in [0, 0.05) is 36.8 Å². The van der Waals surface area contributed by atoms with Gasteiger partial charge in [-0.1, -0.05) is 53.5 Å². The first-order valence-corrected chi connectivity index (χ1v) is 11.8. The molecule has 1 saturated heterocycles. The number of carbonyl (C=O) groups is 2. The van der Waals surface area contributed by atoms with Crippen LogP contribution in [-0.4, -0.2) is 48.0 Å². The minimum Gasteiger partial charge on any atom is -0.366 e. The lowest BCUT2D eigenvalue weighted by Crippen LogP contribution is -2.49. The molecule has 9 heteroatoms. The summed E-state index contributed by atoms with van der Waals surface area (Å²) < 4.78 is 0. The Morgan fingerprint density at radius 1 is 0.853 bits per heavy atom. The van der Waals surface area contributed by atoms with Crippen molar-refractivity contribution in [2.75, 3.05) is 36.4 Å². The summed E-state index contributed by atoms with van der Waals surface area (Å²) in [6.45, 7) is 2.57. The first-order valence-electron chi connectivity index (χ1n) is 10.7.